The molecule has 0 N–H and O–H groups in total. The van der Waals surface area contributed by atoms with Gasteiger partial charge in [-0.2, -0.15) is 5.10 Å². The molecule has 2 aromatic rings. The van der Waals surface area contributed by atoms with Crippen molar-refractivity contribution in [2.75, 3.05) is 40.9 Å². The third kappa shape index (κ3) is 4.23. The van der Waals surface area contributed by atoms with Crippen molar-refractivity contribution in [2.24, 2.45) is 7.05 Å². The summed E-state index contributed by atoms with van der Waals surface area (Å²) in [4.78, 5) is 29.1. The number of esters is 1. The first-order valence-corrected chi connectivity index (χ1v) is 9.15. The fraction of sp³-hybridized carbons (Fsp3) is 0.450. The van der Waals surface area contributed by atoms with Gasteiger partial charge in [0.2, 0.25) is 0 Å². The van der Waals surface area contributed by atoms with Gasteiger partial charge in [-0.1, -0.05) is 6.07 Å². The second-order valence-electron chi connectivity index (χ2n) is 7.13. The average molecular weight is 386 g/mol. The Labute approximate surface area is 164 Å². The number of benzene rings is 1. The van der Waals surface area contributed by atoms with E-state index >= 15 is 0 Å². The SMILES string of the molecule is COC(=O)c1cccc(C(=O)N2CCO[C@@H](CN(C)C)[C@@H]2c2cnn(C)c2)c1. The van der Waals surface area contributed by atoms with E-state index in [1.807, 2.05) is 37.1 Å². The highest BCUT2D eigenvalue weighted by atomic mass is 16.5. The van der Waals surface area contributed by atoms with Gasteiger partial charge in [0.25, 0.3) is 5.91 Å². The summed E-state index contributed by atoms with van der Waals surface area (Å²) in [6.45, 7) is 1.59. The van der Waals surface area contributed by atoms with E-state index in [9.17, 15) is 9.59 Å². The summed E-state index contributed by atoms with van der Waals surface area (Å²) in [7, 11) is 7.12. The van der Waals surface area contributed by atoms with Crippen LogP contribution in [0.5, 0.6) is 0 Å². The van der Waals surface area contributed by atoms with Crippen LogP contribution in [0.2, 0.25) is 0 Å². The standard InChI is InChI=1S/C20H26N4O4/c1-22(2)13-17-18(16-11-21-23(3)12-16)24(8-9-28-17)19(25)14-6-5-7-15(10-14)20(26)27-4/h5-7,10-12,17-18H,8-9,13H2,1-4H3/t17-,18-/m0/s1. The van der Waals surface area contributed by atoms with Gasteiger partial charge in [-0.05, 0) is 32.3 Å². The van der Waals surface area contributed by atoms with Crippen molar-refractivity contribution in [1.82, 2.24) is 19.6 Å². The Balaban J connectivity index is 1.95. The Kier molecular flexibility index (Phi) is 6.11. The minimum Gasteiger partial charge on any atom is -0.465 e. The van der Waals surface area contributed by atoms with E-state index in [4.69, 9.17) is 9.47 Å². The molecule has 0 saturated carbocycles. The van der Waals surface area contributed by atoms with Gasteiger partial charge in [0, 0.05) is 37.5 Å². The number of nitrogens with zero attached hydrogens (tertiary/aromatic N) is 4. The van der Waals surface area contributed by atoms with E-state index in [0.29, 0.717) is 30.8 Å². The molecule has 1 fully saturated rings. The maximum Gasteiger partial charge on any atom is 0.337 e. The van der Waals surface area contributed by atoms with Crippen molar-refractivity contribution in [2.45, 2.75) is 12.1 Å². The van der Waals surface area contributed by atoms with E-state index in [-0.39, 0.29) is 18.1 Å². The Morgan fingerprint density at radius 2 is 2.07 bits per heavy atom. The van der Waals surface area contributed by atoms with Crippen molar-refractivity contribution in [3.63, 3.8) is 0 Å². The molecule has 0 radical (unpaired) electrons. The van der Waals surface area contributed by atoms with Crippen LogP contribution in [0, 0.1) is 0 Å². The number of aromatic nitrogens is 2. The number of ether oxygens (including phenoxy) is 2. The highest BCUT2D eigenvalue weighted by molar-refractivity contribution is 5.98. The topological polar surface area (TPSA) is 76.9 Å². The van der Waals surface area contributed by atoms with Gasteiger partial charge in [0.05, 0.1) is 37.6 Å². The van der Waals surface area contributed by atoms with Gasteiger partial charge >= 0.3 is 5.97 Å². The van der Waals surface area contributed by atoms with E-state index in [2.05, 4.69) is 5.10 Å². The summed E-state index contributed by atoms with van der Waals surface area (Å²) < 4.78 is 12.5. The zero-order valence-corrected chi connectivity index (χ0v) is 16.7. The molecule has 0 spiro atoms. The Hall–Kier alpha value is -2.71. The average Bonchev–Trinajstić information content (AvgIpc) is 3.12. The van der Waals surface area contributed by atoms with Gasteiger partial charge in [-0.3, -0.25) is 9.48 Å². The van der Waals surface area contributed by atoms with E-state index in [1.165, 1.54) is 7.11 Å². The molecule has 1 aliphatic heterocycles. The van der Waals surface area contributed by atoms with Gasteiger partial charge in [-0.15, -0.1) is 0 Å². The molecule has 1 aliphatic rings. The number of hydrogen-bond acceptors (Lipinski definition) is 6. The van der Waals surface area contributed by atoms with Crippen molar-refractivity contribution < 1.29 is 19.1 Å². The molecule has 8 heteroatoms. The molecule has 28 heavy (non-hydrogen) atoms. The Morgan fingerprint density at radius 3 is 2.71 bits per heavy atom. The lowest BCUT2D eigenvalue weighted by atomic mass is 9.99. The molecule has 1 aromatic carbocycles. The lowest BCUT2D eigenvalue weighted by Crippen LogP contribution is -2.51. The molecule has 8 nitrogen and oxygen atoms in total. The summed E-state index contributed by atoms with van der Waals surface area (Å²) in [5.41, 5.74) is 1.72. The molecular weight excluding hydrogens is 360 g/mol. The van der Waals surface area contributed by atoms with Gasteiger partial charge in [-0.25, -0.2) is 4.79 Å². The van der Waals surface area contributed by atoms with Crippen LogP contribution >= 0.6 is 0 Å². The maximum absolute atomic E-state index is 13.4. The van der Waals surface area contributed by atoms with Crippen LogP contribution < -0.4 is 0 Å². The minimum absolute atomic E-state index is 0.147. The van der Waals surface area contributed by atoms with Crippen LogP contribution in [0.15, 0.2) is 36.7 Å². The molecule has 3 rings (SSSR count). The molecular formula is C20H26N4O4. The Bertz CT molecular complexity index is 848. The summed E-state index contributed by atoms with van der Waals surface area (Å²) in [6, 6.07) is 6.35. The fourth-order valence-electron chi connectivity index (χ4n) is 3.52. The lowest BCUT2D eigenvalue weighted by Gasteiger charge is -2.41. The van der Waals surface area contributed by atoms with Crippen LogP contribution in [-0.2, 0) is 16.5 Å². The highest BCUT2D eigenvalue weighted by Crippen LogP contribution is 2.31. The second kappa shape index (κ2) is 8.53. The number of methoxy groups -OCH3 is 1. The van der Waals surface area contributed by atoms with Crippen LogP contribution in [0.4, 0.5) is 0 Å². The van der Waals surface area contributed by atoms with Crippen molar-refractivity contribution in [3.8, 4) is 0 Å². The van der Waals surface area contributed by atoms with E-state index in [1.54, 1.807) is 35.1 Å². The monoisotopic (exact) mass is 386 g/mol. The van der Waals surface area contributed by atoms with Crippen LogP contribution in [0.25, 0.3) is 0 Å². The van der Waals surface area contributed by atoms with E-state index < -0.39 is 5.97 Å². The van der Waals surface area contributed by atoms with Crippen LogP contribution in [0.3, 0.4) is 0 Å². The summed E-state index contributed by atoms with van der Waals surface area (Å²) >= 11 is 0. The second-order valence-corrected chi connectivity index (χ2v) is 7.13. The largest absolute Gasteiger partial charge is 0.465 e. The number of carbonyl (C=O) groups excluding carboxylic acids is 2. The molecule has 150 valence electrons. The first-order valence-electron chi connectivity index (χ1n) is 9.15. The number of rotatable bonds is 5. The Morgan fingerprint density at radius 1 is 1.32 bits per heavy atom. The summed E-state index contributed by atoms with van der Waals surface area (Å²) in [5.74, 6) is -0.613. The summed E-state index contributed by atoms with van der Waals surface area (Å²) in [5, 5.41) is 4.27. The number of aryl methyl sites for hydroxylation is 1. The zero-order chi connectivity index (χ0) is 20.3. The molecule has 1 aromatic heterocycles. The normalized spacial score (nSPS) is 19.7. The smallest absolute Gasteiger partial charge is 0.337 e. The minimum atomic E-state index is -0.467. The molecule has 0 bridgehead atoms. The third-order valence-electron chi connectivity index (χ3n) is 4.76. The quantitative estimate of drug-likeness (QED) is 0.722. The van der Waals surface area contributed by atoms with Crippen LogP contribution in [0.1, 0.15) is 32.3 Å². The van der Waals surface area contributed by atoms with Crippen molar-refractivity contribution in [3.05, 3.63) is 53.3 Å². The number of carbonyl (C=O) groups is 2. The number of likely N-dealkylation sites (N-methyl/N-ethyl adjacent to an activating group) is 1. The number of morpholine rings is 1. The molecule has 2 atom stereocenters. The number of hydrogen-bond donors (Lipinski definition) is 0. The van der Waals surface area contributed by atoms with Gasteiger partial charge in [0.15, 0.2) is 0 Å². The molecule has 0 unspecified atom stereocenters. The third-order valence-corrected chi connectivity index (χ3v) is 4.76. The predicted molar refractivity (Wildman–Crippen MR) is 103 cm³/mol. The van der Waals surface area contributed by atoms with Crippen molar-refractivity contribution >= 4 is 11.9 Å². The summed E-state index contributed by atoms with van der Waals surface area (Å²) in [6.07, 6.45) is 3.50. The van der Waals surface area contributed by atoms with Crippen molar-refractivity contribution in [1.29, 1.82) is 0 Å². The highest BCUT2D eigenvalue weighted by Gasteiger charge is 2.37. The number of amides is 1. The van der Waals surface area contributed by atoms with Crippen LogP contribution in [-0.4, -0.2) is 78.5 Å². The molecule has 0 aliphatic carbocycles. The molecule has 2 heterocycles. The first kappa shape index (κ1) is 20.0. The molecule has 1 saturated heterocycles. The van der Waals surface area contributed by atoms with Gasteiger partial charge < -0.3 is 19.3 Å². The predicted octanol–water partition coefficient (Wildman–Crippen LogP) is 1.35. The first-order chi connectivity index (χ1) is 13.4. The maximum atomic E-state index is 13.4. The zero-order valence-electron chi connectivity index (χ0n) is 16.7. The lowest BCUT2D eigenvalue weighted by molar-refractivity contribution is -0.0684. The van der Waals surface area contributed by atoms with Gasteiger partial charge in [0.1, 0.15) is 0 Å². The fourth-order valence-corrected chi connectivity index (χ4v) is 3.52. The van der Waals surface area contributed by atoms with E-state index in [0.717, 1.165) is 5.56 Å². The molecule has 1 amide bonds.